The SMILES string of the molecule is Cc1ccc(C2c3ccsc3CCN2CC(=O)N2CCN(C(=O)CCl)C(C)C2)cc1. The van der Waals surface area contributed by atoms with Gasteiger partial charge >= 0.3 is 0 Å². The fraction of sp³-hybridized carbons (Fsp3) is 0.478. The first-order valence-corrected chi connectivity index (χ1v) is 11.9. The number of carbonyl (C=O) groups excluding carboxylic acids is 2. The molecule has 1 saturated heterocycles. The summed E-state index contributed by atoms with van der Waals surface area (Å²) in [5.74, 6) is 0.0696. The number of halogens is 1. The molecule has 1 aromatic heterocycles. The molecule has 2 aliphatic rings. The van der Waals surface area contributed by atoms with Gasteiger partial charge in [0.2, 0.25) is 11.8 Å². The summed E-state index contributed by atoms with van der Waals surface area (Å²) in [4.78, 5) is 32.6. The molecule has 30 heavy (non-hydrogen) atoms. The van der Waals surface area contributed by atoms with Crippen molar-refractivity contribution in [1.82, 2.24) is 14.7 Å². The number of piperazine rings is 1. The lowest BCUT2D eigenvalue weighted by Gasteiger charge is -2.41. The van der Waals surface area contributed by atoms with E-state index in [-0.39, 0.29) is 29.8 Å². The summed E-state index contributed by atoms with van der Waals surface area (Å²) in [5.41, 5.74) is 3.80. The van der Waals surface area contributed by atoms with E-state index < -0.39 is 0 Å². The highest BCUT2D eigenvalue weighted by molar-refractivity contribution is 7.10. The van der Waals surface area contributed by atoms with E-state index in [1.807, 2.05) is 23.2 Å². The van der Waals surface area contributed by atoms with Gasteiger partial charge in [-0.2, -0.15) is 0 Å². The Morgan fingerprint density at radius 2 is 1.87 bits per heavy atom. The van der Waals surface area contributed by atoms with Gasteiger partial charge in [0.25, 0.3) is 0 Å². The lowest BCUT2D eigenvalue weighted by molar-refractivity contribution is -0.142. The molecule has 0 bridgehead atoms. The Hall–Kier alpha value is -1.89. The highest BCUT2D eigenvalue weighted by Crippen LogP contribution is 2.37. The van der Waals surface area contributed by atoms with Crippen molar-refractivity contribution in [3.63, 3.8) is 0 Å². The topological polar surface area (TPSA) is 43.9 Å². The van der Waals surface area contributed by atoms with Gasteiger partial charge < -0.3 is 9.80 Å². The molecule has 1 aromatic carbocycles. The zero-order valence-electron chi connectivity index (χ0n) is 17.5. The molecule has 5 nitrogen and oxygen atoms in total. The maximum Gasteiger partial charge on any atom is 0.237 e. The quantitative estimate of drug-likeness (QED) is 0.678. The lowest BCUT2D eigenvalue weighted by atomic mass is 9.92. The van der Waals surface area contributed by atoms with Crippen molar-refractivity contribution >= 4 is 34.8 Å². The molecule has 2 aliphatic heterocycles. The zero-order chi connectivity index (χ0) is 21.3. The highest BCUT2D eigenvalue weighted by atomic mass is 35.5. The van der Waals surface area contributed by atoms with Crippen LogP contribution in [0.3, 0.4) is 0 Å². The minimum Gasteiger partial charge on any atom is -0.338 e. The summed E-state index contributed by atoms with van der Waals surface area (Å²) in [6.45, 7) is 7.03. The van der Waals surface area contributed by atoms with Crippen molar-refractivity contribution in [3.05, 3.63) is 57.3 Å². The van der Waals surface area contributed by atoms with Crippen molar-refractivity contribution in [1.29, 1.82) is 0 Å². The molecule has 0 saturated carbocycles. The van der Waals surface area contributed by atoms with Crippen LogP contribution in [-0.2, 0) is 16.0 Å². The van der Waals surface area contributed by atoms with Gasteiger partial charge in [0.15, 0.2) is 0 Å². The smallest absolute Gasteiger partial charge is 0.237 e. The van der Waals surface area contributed by atoms with Gasteiger partial charge in [0.05, 0.1) is 12.6 Å². The van der Waals surface area contributed by atoms with E-state index >= 15 is 0 Å². The van der Waals surface area contributed by atoms with E-state index in [1.54, 1.807) is 4.90 Å². The minimum atomic E-state index is -0.0586. The van der Waals surface area contributed by atoms with Gasteiger partial charge in [-0.3, -0.25) is 14.5 Å². The van der Waals surface area contributed by atoms with Crippen LogP contribution in [0.25, 0.3) is 0 Å². The number of amides is 2. The van der Waals surface area contributed by atoms with Crippen molar-refractivity contribution < 1.29 is 9.59 Å². The van der Waals surface area contributed by atoms with Gasteiger partial charge in [-0.15, -0.1) is 22.9 Å². The number of thiophene rings is 1. The molecule has 2 atom stereocenters. The standard InChI is InChI=1S/C23H28ClN3O2S/c1-16-3-5-18(6-4-16)23-19-8-12-30-20(19)7-9-26(23)15-22(29)25-10-11-27(17(2)14-25)21(28)13-24/h3-6,8,12,17,23H,7,9-11,13-15H2,1-2H3. The largest absolute Gasteiger partial charge is 0.338 e. The molecular weight excluding hydrogens is 418 g/mol. The minimum absolute atomic E-state index is 0.00668. The van der Waals surface area contributed by atoms with Gasteiger partial charge in [-0.25, -0.2) is 0 Å². The Balaban J connectivity index is 1.50. The lowest BCUT2D eigenvalue weighted by Crippen LogP contribution is -2.57. The van der Waals surface area contributed by atoms with E-state index in [1.165, 1.54) is 21.6 Å². The fourth-order valence-corrected chi connectivity index (χ4v) is 5.64. The summed E-state index contributed by atoms with van der Waals surface area (Å²) in [7, 11) is 0. The average Bonchev–Trinajstić information content (AvgIpc) is 3.22. The first-order valence-electron chi connectivity index (χ1n) is 10.5. The van der Waals surface area contributed by atoms with Crippen LogP contribution in [0, 0.1) is 6.92 Å². The van der Waals surface area contributed by atoms with Crippen LogP contribution in [0.2, 0.25) is 0 Å². The molecule has 2 aromatic rings. The second kappa shape index (κ2) is 9.08. The Labute approximate surface area is 187 Å². The third-order valence-corrected chi connectivity index (χ3v) is 7.44. The van der Waals surface area contributed by atoms with Crippen LogP contribution < -0.4 is 0 Å². The summed E-state index contributed by atoms with van der Waals surface area (Å²) < 4.78 is 0. The van der Waals surface area contributed by atoms with Crippen LogP contribution in [0.1, 0.15) is 34.5 Å². The number of hydrogen-bond donors (Lipinski definition) is 0. The normalized spacial score (nSPS) is 22.1. The van der Waals surface area contributed by atoms with Gasteiger partial charge in [-0.1, -0.05) is 29.8 Å². The highest BCUT2D eigenvalue weighted by Gasteiger charge is 2.34. The number of benzene rings is 1. The maximum absolute atomic E-state index is 13.2. The zero-order valence-corrected chi connectivity index (χ0v) is 19.1. The number of hydrogen-bond acceptors (Lipinski definition) is 4. The molecule has 0 radical (unpaired) electrons. The Bertz CT molecular complexity index is 913. The van der Waals surface area contributed by atoms with E-state index in [0.717, 1.165) is 13.0 Å². The number of rotatable bonds is 4. The molecular formula is C23H28ClN3O2S. The summed E-state index contributed by atoms with van der Waals surface area (Å²) in [5, 5.41) is 2.16. The van der Waals surface area contributed by atoms with Crippen LogP contribution in [-0.4, -0.2) is 71.2 Å². The molecule has 3 heterocycles. The molecule has 0 aliphatic carbocycles. The van der Waals surface area contributed by atoms with E-state index in [9.17, 15) is 9.59 Å². The summed E-state index contributed by atoms with van der Waals surface area (Å²) >= 11 is 7.53. The Kier molecular flexibility index (Phi) is 6.46. The van der Waals surface area contributed by atoms with Crippen molar-refractivity contribution in [2.24, 2.45) is 0 Å². The number of fused-ring (bicyclic) bond motifs is 1. The Morgan fingerprint density at radius 3 is 2.57 bits per heavy atom. The molecule has 1 fully saturated rings. The molecule has 2 amide bonds. The van der Waals surface area contributed by atoms with Crippen LogP contribution >= 0.6 is 22.9 Å². The second-order valence-corrected chi connectivity index (χ2v) is 9.51. The number of aryl methyl sites for hydroxylation is 1. The molecule has 2 unspecified atom stereocenters. The number of alkyl halides is 1. The molecule has 160 valence electrons. The molecule has 7 heteroatoms. The fourth-order valence-electron chi connectivity index (χ4n) is 4.58. The van der Waals surface area contributed by atoms with Gasteiger partial charge in [-0.05, 0) is 42.8 Å². The molecule has 0 spiro atoms. The van der Waals surface area contributed by atoms with Crippen LogP contribution in [0.15, 0.2) is 35.7 Å². The monoisotopic (exact) mass is 445 g/mol. The Morgan fingerprint density at radius 1 is 1.10 bits per heavy atom. The second-order valence-electron chi connectivity index (χ2n) is 8.24. The predicted octanol–water partition coefficient (Wildman–Crippen LogP) is 3.30. The summed E-state index contributed by atoms with van der Waals surface area (Å²) in [6.07, 6.45) is 0.983. The van der Waals surface area contributed by atoms with E-state index in [4.69, 9.17) is 11.6 Å². The van der Waals surface area contributed by atoms with Gasteiger partial charge in [0.1, 0.15) is 5.88 Å². The van der Waals surface area contributed by atoms with E-state index in [0.29, 0.717) is 26.2 Å². The third kappa shape index (κ3) is 4.27. The predicted molar refractivity (Wildman–Crippen MR) is 121 cm³/mol. The van der Waals surface area contributed by atoms with Crippen molar-refractivity contribution in [3.8, 4) is 0 Å². The number of nitrogens with zero attached hydrogens (tertiary/aromatic N) is 3. The number of carbonyl (C=O) groups is 2. The molecule has 4 rings (SSSR count). The average molecular weight is 446 g/mol. The summed E-state index contributed by atoms with van der Waals surface area (Å²) in [6, 6.07) is 11.0. The first-order chi connectivity index (χ1) is 14.5. The van der Waals surface area contributed by atoms with Crippen LogP contribution in [0.4, 0.5) is 0 Å². The van der Waals surface area contributed by atoms with Crippen LogP contribution in [0.5, 0.6) is 0 Å². The van der Waals surface area contributed by atoms with Crippen molar-refractivity contribution in [2.45, 2.75) is 32.4 Å². The first kappa shape index (κ1) is 21.3. The van der Waals surface area contributed by atoms with Crippen molar-refractivity contribution in [2.75, 3.05) is 38.6 Å². The maximum atomic E-state index is 13.2. The van der Waals surface area contributed by atoms with Gasteiger partial charge in [0, 0.05) is 37.1 Å². The third-order valence-electron chi connectivity index (χ3n) is 6.21. The van der Waals surface area contributed by atoms with E-state index in [2.05, 4.69) is 47.5 Å². The molecule has 0 N–H and O–H groups in total.